The van der Waals surface area contributed by atoms with Crippen LogP contribution in [0.1, 0.15) is 32.1 Å². The molecule has 3 aliphatic heterocycles. The summed E-state index contributed by atoms with van der Waals surface area (Å²) in [6.07, 6.45) is 6.32. The van der Waals surface area contributed by atoms with Crippen molar-refractivity contribution in [2.75, 3.05) is 45.9 Å². The van der Waals surface area contributed by atoms with Gasteiger partial charge in [0, 0.05) is 44.4 Å². The maximum Gasteiger partial charge on any atom is 0.0484 e. The predicted octanol–water partition coefficient (Wildman–Crippen LogP) is 0.664. The van der Waals surface area contributed by atoms with E-state index < -0.39 is 0 Å². The lowest BCUT2D eigenvalue weighted by Gasteiger charge is -2.46. The largest absolute Gasteiger partial charge is 0.381 e. The Bertz CT molecular complexity index is 278. The molecule has 4 heteroatoms. The summed E-state index contributed by atoms with van der Waals surface area (Å²) in [5, 5.41) is 0. The van der Waals surface area contributed by atoms with E-state index in [0.717, 1.165) is 38.6 Å². The molecule has 104 valence electrons. The van der Waals surface area contributed by atoms with Crippen LogP contribution in [0.3, 0.4) is 0 Å². The minimum Gasteiger partial charge on any atom is -0.381 e. The molecule has 0 saturated carbocycles. The van der Waals surface area contributed by atoms with Crippen molar-refractivity contribution in [1.29, 1.82) is 0 Å². The first-order valence-electron chi connectivity index (χ1n) is 7.61. The van der Waals surface area contributed by atoms with Gasteiger partial charge in [-0.2, -0.15) is 0 Å². The zero-order valence-electron chi connectivity index (χ0n) is 11.4. The van der Waals surface area contributed by atoms with Gasteiger partial charge >= 0.3 is 0 Å². The van der Waals surface area contributed by atoms with E-state index in [1.54, 1.807) is 0 Å². The fourth-order valence-corrected chi connectivity index (χ4v) is 4.04. The van der Waals surface area contributed by atoms with E-state index in [4.69, 9.17) is 10.5 Å². The van der Waals surface area contributed by atoms with Crippen molar-refractivity contribution in [1.82, 2.24) is 9.80 Å². The number of rotatable bonds is 2. The third kappa shape index (κ3) is 2.31. The normalized spacial score (nSPS) is 34.2. The Morgan fingerprint density at radius 2 is 1.89 bits per heavy atom. The number of ether oxygens (including phenoxy) is 1. The molecule has 0 spiro atoms. The average Bonchev–Trinajstić information content (AvgIpc) is 2.76. The molecule has 18 heavy (non-hydrogen) atoms. The van der Waals surface area contributed by atoms with Gasteiger partial charge in [-0.25, -0.2) is 0 Å². The van der Waals surface area contributed by atoms with Crippen molar-refractivity contribution in [2.45, 2.75) is 43.7 Å². The van der Waals surface area contributed by atoms with Crippen molar-refractivity contribution in [2.24, 2.45) is 5.73 Å². The van der Waals surface area contributed by atoms with Gasteiger partial charge in [0.2, 0.25) is 0 Å². The quantitative estimate of drug-likeness (QED) is 0.785. The van der Waals surface area contributed by atoms with E-state index in [1.165, 1.54) is 45.4 Å². The zero-order valence-corrected chi connectivity index (χ0v) is 11.4. The van der Waals surface area contributed by atoms with Gasteiger partial charge in [-0.15, -0.1) is 0 Å². The van der Waals surface area contributed by atoms with Crippen LogP contribution in [-0.2, 0) is 4.74 Å². The van der Waals surface area contributed by atoms with E-state index in [2.05, 4.69) is 9.80 Å². The highest BCUT2D eigenvalue weighted by Crippen LogP contribution is 2.31. The summed E-state index contributed by atoms with van der Waals surface area (Å²) in [6.45, 7) is 7.64. The van der Waals surface area contributed by atoms with Crippen LogP contribution in [0.4, 0.5) is 0 Å². The molecule has 3 fully saturated rings. The standard InChI is InChI=1S/C14H27N3O/c15-12-14(4-9-18-10-5-14)17-8-2-7-16-6-1-3-13(16)11-17/h13H,1-12,15H2. The fourth-order valence-electron chi connectivity index (χ4n) is 4.04. The monoisotopic (exact) mass is 253 g/mol. The maximum absolute atomic E-state index is 6.15. The molecule has 0 aromatic carbocycles. The lowest BCUT2D eigenvalue weighted by Crippen LogP contribution is -2.58. The van der Waals surface area contributed by atoms with Crippen molar-refractivity contribution < 1.29 is 4.74 Å². The van der Waals surface area contributed by atoms with Crippen molar-refractivity contribution in [3.8, 4) is 0 Å². The summed E-state index contributed by atoms with van der Waals surface area (Å²) in [5.74, 6) is 0. The Hall–Kier alpha value is -0.160. The Labute approximate surface area is 110 Å². The number of nitrogens with zero attached hydrogens (tertiary/aromatic N) is 2. The molecule has 4 nitrogen and oxygen atoms in total. The van der Waals surface area contributed by atoms with Crippen LogP contribution in [0.25, 0.3) is 0 Å². The molecule has 3 rings (SSSR count). The molecule has 0 bridgehead atoms. The fraction of sp³-hybridized carbons (Fsp3) is 1.00. The predicted molar refractivity (Wildman–Crippen MR) is 72.6 cm³/mol. The summed E-state index contributed by atoms with van der Waals surface area (Å²) < 4.78 is 5.54. The van der Waals surface area contributed by atoms with Gasteiger partial charge in [0.15, 0.2) is 0 Å². The molecular formula is C14H27N3O. The second-order valence-electron chi connectivity index (χ2n) is 6.17. The molecule has 3 aliphatic rings. The van der Waals surface area contributed by atoms with Crippen LogP contribution in [0.5, 0.6) is 0 Å². The minimum atomic E-state index is 0.233. The summed E-state index contributed by atoms with van der Waals surface area (Å²) in [6, 6.07) is 0.791. The molecule has 0 radical (unpaired) electrons. The minimum absolute atomic E-state index is 0.233. The summed E-state index contributed by atoms with van der Waals surface area (Å²) in [7, 11) is 0. The van der Waals surface area contributed by atoms with E-state index in [0.29, 0.717) is 0 Å². The van der Waals surface area contributed by atoms with Crippen LogP contribution >= 0.6 is 0 Å². The summed E-state index contributed by atoms with van der Waals surface area (Å²) in [5.41, 5.74) is 6.38. The summed E-state index contributed by atoms with van der Waals surface area (Å²) >= 11 is 0. The summed E-state index contributed by atoms with van der Waals surface area (Å²) in [4.78, 5) is 5.41. The van der Waals surface area contributed by atoms with Gasteiger partial charge < -0.3 is 10.5 Å². The van der Waals surface area contributed by atoms with E-state index in [9.17, 15) is 0 Å². The number of hydrogen-bond donors (Lipinski definition) is 1. The van der Waals surface area contributed by atoms with Gasteiger partial charge in [0.05, 0.1) is 0 Å². The van der Waals surface area contributed by atoms with Gasteiger partial charge in [-0.05, 0) is 45.2 Å². The Kier molecular flexibility index (Phi) is 3.89. The van der Waals surface area contributed by atoms with Crippen LogP contribution in [0, 0.1) is 0 Å². The van der Waals surface area contributed by atoms with Crippen molar-refractivity contribution in [3.05, 3.63) is 0 Å². The van der Waals surface area contributed by atoms with E-state index >= 15 is 0 Å². The molecule has 3 heterocycles. The number of fused-ring (bicyclic) bond motifs is 1. The Morgan fingerprint density at radius 3 is 2.67 bits per heavy atom. The highest BCUT2D eigenvalue weighted by Gasteiger charge is 2.40. The molecule has 0 aliphatic carbocycles. The smallest absolute Gasteiger partial charge is 0.0484 e. The molecule has 2 N–H and O–H groups in total. The van der Waals surface area contributed by atoms with Gasteiger partial charge in [-0.1, -0.05) is 0 Å². The highest BCUT2D eigenvalue weighted by molar-refractivity contribution is 4.97. The second kappa shape index (κ2) is 5.45. The second-order valence-corrected chi connectivity index (χ2v) is 6.17. The lowest BCUT2D eigenvalue weighted by molar-refractivity contribution is -0.0263. The lowest BCUT2D eigenvalue weighted by atomic mass is 9.87. The first-order valence-corrected chi connectivity index (χ1v) is 7.61. The first-order chi connectivity index (χ1) is 8.84. The molecule has 3 saturated heterocycles. The molecular weight excluding hydrogens is 226 g/mol. The van der Waals surface area contributed by atoms with Crippen LogP contribution in [0.15, 0.2) is 0 Å². The van der Waals surface area contributed by atoms with Crippen LogP contribution in [0.2, 0.25) is 0 Å². The van der Waals surface area contributed by atoms with Crippen LogP contribution < -0.4 is 5.73 Å². The third-order valence-corrected chi connectivity index (χ3v) is 5.28. The van der Waals surface area contributed by atoms with Crippen molar-refractivity contribution in [3.63, 3.8) is 0 Å². The van der Waals surface area contributed by atoms with Gasteiger partial charge in [0.25, 0.3) is 0 Å². The third-order valence-electron chi connectivity index (χ3n) is 5.28. The Balaban J connectivity index is 1.72. The van der Waals surface area contributed by atoms with Gasteiger partial charge in [-0.3, -0.25) is 9.80 Å². The molecule has 0 aromatic rings. The van der Waals surface area contributed by atoms with E-state index in [-0.39, 0.29) is 5.54 Å². The van der Waals surface area contributed by atoms with Gasteiger partial charge in [0.1, 0.15) is 0 Å². The Morgan fingerprint density at radius 1 is 1.11 bits per heavy atom. The van der Waals surface area contributed by atoms with Crippen LogP contribution in [-0.4, -0.2) is 67.3 Å². The maximum atomic E-state index is 6.15. The first kappa shape index (κ1) is 12.9. The zero-order chi connectivity index (χ0) is 12.4. The SMILES string of the molecule is NCC1(N2CCCN3CCCC3C2)CCOCC1. The highest BCUT2D eigenvalue weighted by atomic mass is 16.5. The van der Waals surface area contributed by atoms with Crippen molar-refractivity contribution >= 4 is 0 Å². The average molecular weight is 253 g/mol. The molecule has 0 aromatic heterocycles. The topological polar surface area (TPSA) is 41.7 Å². The molecule has 1 unspecified atom stereocenters. The number of nitrogens with two attached hydrogens (primary N) is 1. The molecule has 0 amide bonds. The van der Waals surface area contributed by atoms with E-state index in [1.807, 2.05) is 0 Å². The number of hydrogen-bond acceptors (Lipinski definition) is 4. The molecule has 1 atom stereocenters.